The molecule has 7 heteroatoms. The number of rotatable bonds is 8. The minimum absolute atomic E-state index is 0.254. The van der Waals surface area contributed by atoms with Crippen LogP contribution in [0.5, 0.6) is 34.5 Å². The normalized spacial score (nSPS) is 19.4. The number of methoxy groups -OCH3 is 3. The molecule has 194 valence electrons. The lowest BCUT2D eigenvalue weighted by Gasteiger charge is -2.46. The van der Waals surface area contributed by atoms with E-state index in [1.807, 2.05) is 30.3 Å². The monoisotopic (exact) mass is 503 g/mol. The third-order valence-corrected chi connectivity index (χ3v) is 7.83. The zero-order valence-electron chi connectivity index (χ0n) is 21.6. The largest absolute Gasteiger partial charge is 0.497 e. The smallest absolute Gasteiger partial charge is 0.231 e. The molecule has 0 spiro atoms. The molecule has 0 N–H and O–H groups in total. The summed E-state index contributed by atoms with van der Waals surface area (Å²) in [7, 11) is 5.10. The maximum absolute atomic E-state index is 6.08. The van der Waals surface area contributed by atoms with Gasteiger partial charge in [0.2, 0.25) is 6.79 Å². The van der Waals surface area contributed by atoms with E-state index >= 15 is 0 Å². The van der Waals surface area contributed by atoms with E-state index in [2.05, 4.69) is 23.1 Å². The van der Waals surface area contributed by atoms with Gasteiger partial charge in [-0.2, -0.15) is 0 Å². The van der Waals surface area contributed by atoms with Gasteiger partial charge in [0.15, 0.2) is 23.0 Å². The molecule has 3 aromatic carbocycles. The molecule has 2 atom stereocenters. The highest BCUT2D eigenvalue weighted by Gasteiger charge is 2.41. The van der Waals surface area contributed by atoms with Crippen molar-refractivity contribution < 1.29 is 28.4 Å². The highest BCUT2D eigenvalue weighted by atomic mass is 16.7. The molecule has 2 unspecified atom stereocenters. The Hall–Kier alpha value is -3.58. The molecule has 0 fully saturated rings. The van der Waals surface area contributed by atoms with Crippen LogP contribution in [0.2, 0.25) is 0 Å². The van der Waals surface area contributed by atoms with Crippen LogP contribution in [0.3, 0.4) is 0 Å². The van der Waals surface area contributed by atoms with E-state index in [0.29, 0.717) is 13.4 Å². The second-order valence-corrected chi connectivity index (χ2v) is 9.71. The van der Waals surface area contributed by atoms with Crippen molar-refractivity contribution in [3.8, 4) is 34.5 Å². The van der Waals surface area contributed by atoms with Crippen LogP contribution in [0.4, 0.5) is 0 Å². The Balaban J connectivity index is 1.31. The maximum atomic E-state index is 6.08. The highest BCUT2D eigenvalue weighted by molar-refractivity contribution is 5.56. The third kappa shape index (κ3) is 4.31. The Morgan fingerprint density at radius 2 is 1.65 bits per heavy atom. The Kier molecular flexibility index (Phi) is 6.47. The molecule has 3 heterocycles. The number of nitrogens with zero attached hydrogens (tertiary/aromatic N) is 1. The molecule has 0 saturated heterocycles. The molecule has 0 aliphatic carbocycles. The molecule has 3 aromatic rings. The zero-order valence-corrected chi connectivity index (χ0v) is 21.6. The molecule has 6 rings (SSSR count). The van der Waals surface area contributed by atoms with Gasteiger partial charge in [0.1, 0.15) is 11.5 Å². The van der Waals surface area contributed by atoms with E-state index in [4.69, 9.17) is 28.4 Å². The molecular weight excluding hydrogens is 470 g/mol. The van der Waals surface area contributed by atoms with Gasteiger partial charge in [-0.05, 0) is 78.4 Å². The van der Waals surface area contributed by atoms with Crippen molar-refractivity contribution in [1.82, 2.24) is 4.90 Å². The van der Waals surface area contributed by atoms with Crippen molar-refractivity contribution in [1.29, 1.82) is 0 Å². The Morgan fingerprint density at radius 1 is 0.865 bits per heavy atom. The first kappa shape index (κ1) is 23.8. The molecule has 0 radical (unpaired) electrons. The first-order chi connectivity index (χ1) is 18.2. The molecule has 37 heavy (non-hydrogen) atoms. The van der Waals surface area contributed by atoms with Gasteiger partial charge in [-0.15, -0.1) is 0 Å². The van der Waals surface area contributed by atoms with E-state index in [9.17, 15) is 0 Å². The van der Waals surface area contributed by atoms with Crippen LogP contribution in [0.25, 0.3) is 0 Å². The Bertz CT molecular complexity index is 1270. The molecule has 3 aliphatic heterocycles. The van der Waals surface area contributed by atoms with Crippen molar-refractivity contribution in [2.45, 2.75) is 37.8 Å². The Morgan fingerprint density at radius 3 is 2.41 bits per heavy atom. The van der Waals surface area contributed by atoms with Crippen molar-refractivity contribution in [2.24, 2.45) is 0 Å². The number of hydrogen-bond acceptors (Lipinski definition) is 7. The van der Waals surface area contributed by atoms with Gasteiger partial charge in [-0.25, -0.2) is 0 Å². The van der Waals surface area contributed by atoms with E-state index in [-0.39, 0.29) is 12.0 Å². The lowest BCUT2D eigenvalue weighted by molar-refractivity contribution is 0.124. The van der Waals surface area contributed by atoms with Crippen LogP contribution in [0, 0.1) is 0 Å². The van der Waals surface area contributed by atoms with Gasteiger partial charge < -0.3 is 28.4 Å². The molecule has 0 bridgehead atoms. The van der Waals surface area contributed by atoms with Gasteiger partial charge >= 0.3 is 0 Å². The minimum Gasteiger partial charge on any atom is -0.497 e. The summed E-state index contributed by atoms with van der Waals surface area (Å²) in [5.74, 6) is 5.29. The van der Waals surface area contributed by atoms with Gasteiger partial charge in [0.05, 0.1) is 27.9 Å². The number of fused-ring (bicyclic) bond motifs is 5. The maximum Gasteiger partial charge on any atom is 0.231 e. The fourth-order valence-electron chi connectivity index (χ4n) is 6.11. The summed E-state index contributed by atoms with van der Waals surface area (Å²) in [5, 5.41) is 0. The van der Waals surface area contributed by atoms with Gasteiger partial charge in [0, 0.05) is 30.6 Å². The molecule has 0 aromatic heterocycles. The fraction of sp³-hybridized carbons (Fsp3) is 0.400. The minimum atomic E-state index is 0.254. The summed E-state index contributed by atoms with van der Waals surface area (Å²) in [6.07, 6.45) is 2.89. The summed E-state index contributed by atoms with van der Waals surface area (Å²) in [6, 6.07) is 16.7. The summed E-state index contributed by atoms with van der Waals surface area (Å²) in [5.41, 5.74) is 5.25. The standard InChI is InChI=1S/C30H33NO6/c1-32-20-6-8-21(9-7-20)35-14-4-5-23-22-10-11-26(33-2)30(34-3)25(22)17-31-13-12-19-15-27-28(37-18-36-27)16-24(19)29(23)31/h6-11,15-16,23,29H,4-5,12-14,17-18H2,1-3H3. The van der Waals surface area contributed by atoms with Crippen molar-refractivity contribution >= 4 is 0 Å². The highest BCUT2D eigenvalue weighted by Crippen LogP contribution is 2.53. The molecular formula is C30H33NO6. The summed E-state index contributed by atoms with van der Waals surface area (Å²) in [6.45, 7) is 2.74. The van der Waals surface area contributed by atoms with Crippen LogP contribution >= 0.6 is 0 Å². The first-order valence-electron chi connectivity index (χ1n) is 12.9. The Labute approximate surface area is 217 Å². The van der Waals surface area contributed by atoms with Crippen LogP contribution in [-0.2, 0) is 13.0 Å². The molecule has 0 amide bonds. The lowest BCUT2D eigenvalue weighted by atomic mass is 9.74. The van der Waals surface area contributed by atoms with E-state index < -0.39 is 0 Å². The lowest BCUT2D eigenvalue weighted by Crippen LogP contribution is -2.42. The SMILES string of the molecule is COc1ccc(OCCCC2c3ccc(OC)c(OC)c3CN3CCc4cc5c(cc4C23)OCO5)cc1. The van der Waals surface area contributed by atoms with E-state index in [1.165, 1.54) is 22.3 Å². The summed E-state index contributed by atoms with van der Waals surface area (Å²) >= 11 is 0. The van der Waals surface area contributed by atoms with Gasteiger partial charge in [-0.3, -0.25) is 4.90 Å². The second-order valence-electron chi connectivity index (χ2n) is 9.71. The van der Waals surface area contributed by atoms with E-state index in [0.717, 1.165) is 66.8 Å². The quantitative estimate of drug-likeness (QED) is 0.377. The van der Waals surface area contributed by atoms with Crippen LogP contribution in [-0.4, -0.2) is 46.2 Å². The van der Waals surface area contributed by atoms with E-state index in [1.54, 1.807) is 21.3 Å². The van der Waals surface area contributed by atoms with Crippen molar-refractivity contribution in [3.63, 3.8) is 0 Å². The van der Waals surface area contributed by atoms with Crippen molar-refractivity contribution in [3.05, 3.63) is 70.8 Å². The topological polar surface area (TPSA) is 58.6 Å². The average Bonchev–Trinajstić information content (AvgIpc) is 3.40. The fourth-order valence-corrected chi connectivity index (χ4v) is 6.11. The second kappa shape index (κ2) is 10.1. The van der Waals surface area contributed by atoms with Crippen LogP contribution in [0.1, 0.15) is 47.1 Å². The van der Waals surface area contributed by atoms with Crippen LogP contribution < -0.4 is 28.4 Å². The summed E-state index contributed by atoms with van der Waals surface area (Å²) < 4.78 is 34.3. The number of ether oxygens (including phenoxy) is 6. The summed E-state index contributed by atoms with van der Waals surface area (Å²) in [4.78, 5) is 2.59. The number of benzene rings is 3. The van der Waals surface area contributed by atoms with Gasteiger partial charge in [-0.1, -0.05) is 6.07 Å². The van der Waals surface area contributed by atoms with Gasteiger partial charge in [0.25, 0.3) is 0 Å². The average molecular weight is 504 g/mol. The predicted octanol–water partition coefficient (Wildman–Crippen LogP) is 5.50. The zero-order chi connectivity index (χ0) is 25.4. The van der Waals surface area contributed by atoms with Crippen molar-refractivity contribution in [2.75, 3.05) is 41.3 Å². The van der Waals surface area contributed by atoms with Crippen LogP contribution in [0.15, 0.2) is 48.5 Å². The third-order valence-electron chi connectivity index (χ3n) is 7.83. The molecule has 0 saturated carbocycles. The predicted molar refractivity (Wildman–Crippen MR) is 139 cm³/mol. The number of hydrogen-bond donors (Lipinski definition) is 0. The first-order valence-corrected chi connectivity index (χ1v) is 12.9. The molecule has 7 nitrogen and oxygen atoms in total. The molecule has 3 aliphatic rings.